The minimum atomic E-state index is -1.06. The number of nitrogens with two attached hydrogens (primary N) is 1. The highest BCUT2D eigenvalue weighted by Gasteiger charge is 2.21. The third-order valence-corrected chi connectivity index (χ3v) is 2.62. The van der Waals surface area contributed by atoms with Crippen molar-refractivity contribution in [2.75, 3.05) is 0 Å². The van der Waals surface area contributed by atoms with Crippen LogP contribution < -0.4 is 10.5 Å². The summed E-state index contributed by atoms with van der Waals surface area (Å²) in [6, 6.07) is 4.30. The van der Waals surface area contributed by atoms with E-state index in [2.05, 4.69) is 0 Å². The Labute approximate surface area is 116 Å². The molecular formula is C13H9F3N2O3. The number of nitrogens with zero attached hydrogens (tertiary/aromatic N) is 1. The van der Waals surface area contributed by atoms with Crippen LogP contribution in [0.4, 0.5) is 18.9 Å². The lowest BCUT2D eigenvalue weighted by Crippen LogP contribution is -2.01. The molecule has 0 atom stereocenters. The molecule has 0 aromatic heterocycles. The van der Waals surface area contributed by atoms with E-state index in [-0.39, 0.29) is 12.1 Å². The summed E-state index contributed by atoms with van der Waals surface area (Å²) in [6.07, 6.45) is 0. The van der Waals surface area contributed by atoms with Gasteiger partial charge < -0.3 is 10.5 Å². The maximum atomic E-state index is 13.7. The Morgan fingerprint density at radius 1 is 1.14 bits per heavy atom. The summed E-state index contributed by atoms with van der Waals surface area (Å²) < 4.78 is 45.3. The van der Waals surface area contributed by atoms with Crippen LogP contribution >= 0.6 is 0 Å². The second-order valence-corrected chi connectivity index (χ2v) is 4.06. The molecule has 5 nitrogen and oxygen atoms in total. The Balaban J connectivity index is 2.46. The van der Waals surface area contributed by atoms with Crippen LogP contribution in [0.15, 0.2) is 30.3 Å². The van der Waals surface area contributed by atoms with Crippen molar-refractivity contribution in [3.8, 4) is 11.5 Å². The van der Waals surface area contributed by atoms with E-state index in [9.17, 15) is 23.3 Å². The Hall–Kier alpha value is -2.61. The van der Waals surface area contributed by atoms with E-state index in [4.69, 9.17) is 10.5 Å². The molecule has 2 aromatic carbocycles. The van der Waals surface area contributed by atoms with Crippen LogP contribution in [0, 0.1) is 27.6 Å². The predicted octanol–water partition coefficient (Wildman–Crippen LogP) is 3.26. The van der Waals surface area contributed by atoms with Gasteiger partial charge in [-0.15, -0.1) is 0 Å². The number of nitro benzene ring substituents is 1. The predicted molar refractivity (Wildman–Crippen MR) is 67.4 cm³/mol. The van der Waals surface area contributed by atoms with Gasteiger partial charge in [0.15, 0.2) is 17.4 Å². The lowest BCUT2D eigenvalue weighted by atomic mass is 10.2. The van der Waals surface area contributed by atoms with E-state index in [0.717, 1.165) is 24.3 Å². The molecule has 0 heterocycles. The molecule has 0 saturated carbocycles. The molecule has 110 valence electrons. The average molecular weight is 298 g/mol. The number of hydrogen-bond donors (Lipinski definition) is 1. The van der Waals surface area contributed by atoms with E-state index in [1.807, 2.05) is 0 Å². The molecule has 2 rings (SSSR count). The molecule has 0 aliphatic carbocycles. The Morgan fingerprint density at radius 3 is 2.29 bits per heavy atom. The van der Waals surface area contributed by atoms with Gasteiger partial charge in [0.05, 0.1) is 11.0 Å². The molecule has 0 amide bonds. The number of ether oxygens (including phenoxy) is 1. The molecule has 0 bridgehead atoms. The fourth-order valence-electron chi connectivity index (χ4n) is 1.66. The third kappa shape index (κ3) is 3.11. The number of nitro groups is 1. The minimum absolute atomic E-state index is 0.0786. The molecule has 21 heavy (non-hydrogen) atoms. The zero-order valence-corrected chi connectivity index (χ0v) is 10.5. The topological polar surface area (TPSA) is 78.4 Å². The van der Waals surface area contributed by atoms with Gasteiger partial charge in [-0.25, -0.2) is 13.2 Å². The SMILES string of the molecule is NCc1cc(F)c(Oc2ccc(F)cc2[N+](=O)[O-])c(F)c1. The Morgan fingerprint density at radius 2 is 1.76 bits per heavy atom. The summed E-state index contributed by atoms with van der Waals surface area (Å²) in [5.74, 6) is -4.28. The van der Waals surface area contributed by atoms with Gasteiger partial charge in [-0.1, -0.05) is 0 Å². The average Bonchev–Trinajstić information content (AvgIpc) is 2.43. The van der Waals surface area contributed by atoms with Gasteiger partial charge in [-0.2, -0.15) is 0 Å². The monoisotopic (exact) mass is 298 g/mol. The fourth-order valence-corrected chi connectivity index (χ4v) is 1.66. The highest BCUT2D eigenvalue weighted by molar-refractivity contribution is 5.49. The fraction of sp³-hybridized carbons (Fsp3) is 0.0769. The van der Waals surface area contributed by atoms with Crippen LogP contribution in [0.3, 0.4) is 0 Å². The molecule has 2 N–H and O–H groups in total. The van der Waals surface area contributed by atoms with Crippen LogP contribution in [0.25, 0.3) is 0 Å². The van der Waals surface area contributed by atoms with Gasteiger partial charge in [0.1, 0.15) is 5.82 Å². The zero-order chi connectivity index (χ0) is 15.6. The number of hydrogen-bond acceptors (Lipinski definition) is 4. The zero-order valence-electron chi connectivity index (χ0n) is 10.5. The second kappa shape index (κ2) is 5.80. The number of rotatable bonds is 4. The standard InChI is InChI=1S/C13H9F3N2O3/c14-8-1-2-12(11(5-8)18(19)20)21-13-9(15)3-7(6-17)4-10(13)16/h1-5H,6,17H2. The van der Waals surface area contributed by atoms with Crippen molar-refractivity contribution >= 4 is 5.69 Å². The van der Waals surface area contributed by atoms with Crippen molar-refractivity contribution in [2.24, 2.45) is 5.73 Å². The lowest BCUT2D eigenvalue weighted by Gasteiger charge is -2.09. The van der Waals surface area contributed by atoms with Gasteiger partial charge in [0.25, 0.3) is 0 Å². The quantitative estimate of drug-likeness (QED) is 0.694. The summed E-state index contributed by atoms with van der Waals surface area (Å²) in [5, 5.41) is 10.8. The second-order valence-electron chi connectivity index (χ2n) is 4.06. The maximum Gasteiger partial charge on any atom is 0.314 e. The molecule has 0 saturated heterocycles. The van der Waals surface area contributed by atoms with Gasteiger partial charge in [-0.3, -0.25) is 10.1 Å². The van der Waals surface area contributed by atoms with Gasteiger partial charge in [-0.05, 0) is 29.8 Å². The number of benzene rings is 2. The largest absolute Gasteiger partial charge is 0.444 e. The molecule has 0 fully saturated rings. The van der Waals surface area contributed by atoms with Crippen molar-refractivity contribution in [3.63, 3.8) is 0 Å². The van der Waals surface area contributed by atoms with Gasteiger partial charge >= 0.3 is 5.69 Å². The van der Waals surface area contributed by atoms with Gasteiger partial charge in [0.2, 0.25) is 5.75 Å². The molecule has 0 unspecified atom stereocenters. The molecule has 8 heteroatoms. The van der Waals surface area contributed by atoms with Crippen molar-refractivity contribution in [2.45, 2.75) is 6.54 Å². The molecule has 2 aromatic rings. The molecular weight excluding hydrogens is 289 g/mol. The van der Waals surface area contributed by atoms with Crippen LogP contribution in [0.1, 0.15) is 5.56 Å². The normalized spacial score (nSPS) is 10.5. The van der Waals surface area contributed by atoms with Crippen molar-refractivity contribution in [1.82, 2.24) is 0 Å². The van der Waals surface area contributed by atoms with Crippen LogP contribution in [-0.4, -0.2) is 4.92 Å². The summed E-state index contributed by atoms with van der Waals surface area (Å²) >= 11 is 0. The summed E-state index contributed by atoms with van der Waals surface area (Å²) in [6.45, 7) is -0.0786. The first kappa shape index (κ1) is 14.8. The summed E-state index contributed by atoms with van der Waals surface area (Å²) in [7, 11) is 0. The smallest absolute Gasteiger partial charge is 0.314 e. The molecule has 0 radical (unpaired) electrons. The first-order valence-electron chi connectivity index (χ1n) is 5.72. The maximum absolute atomic E-state index is 13.7. The van der Waals surface area contributed by atoms with Crippen molar-refractivity contribution < 1.29 is 22.8 Å². The molecule has 0 spiro atoms. The van der Waals surface area contributed by atoms with Crippen molar-refractivity contribution in [1.29, 1.82) is 0 Å². The van der Waals surface area contributed by atoms with E-state index in [1.165, 1.54) is 0 Å². The van der Waals surface area contributed by atoms with Gasteiger partial charge in [0, 0.05) is 6.54 Å². The lowest BCUT2D eigenvalue weighted by molar-refractivity contribution is -0.385. The van der Waals surface area contributed by atoms with Crippen LogP contribution in [-0.2, 0) is 6.54 Å². The Kier molecular flexibility index (Phi) is 4.08. The third-order valence-electron chi connectivity index (χ3n) is 2.62. The highest BCUT2D eigenvalue weighted by Crippen LogP contribution is 2.34. The van der Waals surface area contributed by atoms with E-state index >= 15 is 0 Å². The van der Waals surface area contributed by atoms with Crippen LogP contribution in [0.2, 0.25) is 0 Å². The minimum Gasteiger partial charge on any atom is -0.444 e. The molecule has 0 aliphatic rings. The Bertz CT molecular complexity index is 684. The van der Waals surface area contributed by atoms with Crippen LogP contribution in [0.5, 0.6) is 11.5 Å². The van der Waals surface area contributed by atoms with Crippen molar-refractivity contribution in [3.05, 3.63) is 63.5 Å². The summed E-state index contributed by atoms with van der Waals surface area (Å²) in [4.78, 5) is 9.88. The highest BCUT2D eigenvalue weighted by atomic mass is 19.1. The number of halogens is 3. The first-order valence-corrected chi connectivity index (χ1v) is 5.72. The summed E-state index contributed by atoms with van der Waals surface area (Å²) in [5.41, 5.74) is 4.73. The first-order chi connectivity index (χ1) is 9.92. The molecule has 0 aliphatic heterocycles. The van der Waals surface area contributed by atoms with E-state index in [0.29, 0.717) is 6.07 Å². The van der Waals surface area contributed by atoms with E-state index in [1.54, 1.807) is 0 Å². The van der Waals surface area contributed by atoms with E-state index < -0.39 is 39.6 Å².